The highest BCUT2D eigenvalue weighted by molar-refractivity contribution is 5.88. The highest BCUT2D eigenvalue weighted by atomic mass is 16.2. The van der Waals surface area contributed by atoms with E-state index in [0.29, 0.717) is 32.6 Å². The molecule has 2 aromatic rings. The SMILES string of the molecule is CC(C)(N)C(=O)N1CCCN(C(=O)Nc2ccn(-c3ccc(CN4CC5CC5C4)cc3)c(=O)n2)CC1. The number of anilines is 1. The predicted octanol–water partition coefficient (Wildman–Crippen LogP) is 1.49. The van der Waals surface area contributed by atoms with Crippen LogP contribution in [0.25, 0.3) is 5.69 Å². The summed E-state index contributed by atoms with van der Waals surface area (Å²) in [6.07, 6.45) is 3.67. The summed E-state index contributed by atoms with van der Waals surface area (Å²) in [5.41, 5.74) is 6.51. The monoisotopic (exact) mass is 493 g/mol. The minimum atomic E-state index is -0.945. The molecule has 3 heterocycles. The van der Waals surface area contributed by atoms with Crippen LogP contribution in [-0.4, -0.2) is 81.0 Å². The number of nitrogens with one attached hydrogen (secondary N) is 1. The van der Waals surface area contributed by atoms with Crippen molar-refractivity contribution in [3.05, 3.63) is 52.6 Å². The van der Waals surface area contributed by atoms with Gasteiger partial charge < -0.3 is 15.5 Å². The summed E-state index contributed by atoms with van der Waals surface area (Å²) >= 11 is 0. The maximum atomic E-state index is 12.8. The first-order valence-corrected chi connectivity index (χ1v) is 12.7. The van der Waals surface area contributed by atoms with Gasteiger partial charge in [-0.05, 0) is 62.3 Å². The molecule has 2 unspecified atom stereocenters. The fourth-order valence-corrected chi connectivity index (χ4v) is 5.23. The van der Waals surface area contributed by atoms with Gasteiger partial charge in [0.25, 0.3) is 0 Å². The second-order valence-corrected chi connectivity index (χ2v) is 10.9. The van der Waals surface area contributed by atoms with Crippen molar-refractivity contribution < 1.29 is 9.59 Å². The van der Waals surface area contributed by atoms with Gasteiger partial charge in [-0.15, -0.1) is 0 Å². The zero-order valence-corrected chi connectivity index (χ0v) is 21.0. The summed E-state index contributed by atoms with van der Waals surface area (Å²) in [6, 6.07) is 9.25. The minimum absolute atomic E-state index is 0.129. The molecule has 1 aliphatic carbocycles. The van der Waals surface area contributed by atoms with Gasteiger partial charge in [0.1, 0.15) is 5.82 Å². The van der Waals surface area contributed by atoms with E-state index in [4.69, 9.17) is 5.73 Å². The molecule has 192 valence electrons. The molecule has 3 fully saturated rings. The van der Waals surface area contributed by atoms with Gasteiger partial charge in [0.05, 0.1) is 11.2 Å². The van der Waals surface area contributed by atoms with Gasteiger partial charge in [-0.1, -0.05) is 12.1 Å². The fraction of sp³-hybridized carbons (Fsp3) is 0.538. The third-order valence-electron chi connectivity index (χ3n) is 7.34. The number of benzene rings is 1. The summed E-state index contributed by atoms with van der Waals surface area (Å²) in [6.45, 7) is 8.56. The van der Waals surface area contributed by atoms with Crippen LogP contribution in [0.4, 0.5) is 10.6 Å². The van der Waals surface area contributed by atoms with Crippen LogP contribution < -0.4 is 16.7 Å². The number of nitrogens with zero attached hydrogens (tertiary/aromatic N) is 5. The van der Waals surface area contributed by atoms with Crippen molar-refractivity contribution >= 4 is 17.8 Å². The van der Waals surface area contributed by atoms with Crippen molar-refractivity contribution in [3.8, 4) is 5.69 Å². The number of fused-ring (bicyclic) bond motifs is 1. The van der Waals surface area contributed by atoms with Crippen LogP contribution in [0, 0.1) is 11.8 Å². The Hall–Kier alpha value is -3.24. The summed E-state index contributed by atoms with van der Waals surface area (Å²) < 4.78 is 1.47. The van der Waals surface area contributed by atoms with Crippen molar-refractivity contribution in [1.29, 1.82) is 0 Å². The van der Waals surface area contributed by atoms with E-state index in [0.717, 1.165) is 24.1 Å². The predicted molar refractivity (Wildman–Crippen MR) is 137 cm³/mol. The molecule has 36 heavy (non-hydrogen) atoms. The summed E-state index contributed by atoms with van der Waals surface area (Å²) in [5.74, 6) is 1.89. The molecule has 1 aromatic carbocycles. The van der Waals surface area contributed by atoms with Crippen LogP contribution >= 0.6 is 0 Å². The number of rotatable bonds is 5. The Morgan fingerprint density at radius 2 is 1.69 bits per heavy atom. The van der Waals surface area contributed by atoms with Crippen molar-refractivity contribution in [2.45, 2.75) is 38.8 Å². The highest BCUT2D eigenvalue weighted by Gasteiger charge is 2.44. The van der Waals surface area contributed by atoms with Gasteiger partial charge in [-0.25, -0.2) is 9.59 Å². The third-order valence-corrected chi connectivity index (χ3v) is 7.34. The van der Waals surface area contributed by atoms with Crippen LogP contribution in [0.3, 0.4) is 0 Å². The van der Waals surface area contributed by atoms with E-state index < -0.39 is 11.2 Å². The van der Waals surface area contributed by atoms with Crippen LogP contribution in [0.2, 0.25) is 0 Å². The summed E-state index contributed by atoms with van der Waals surface area (Å²) in [5, 5.41) is 2.72. The van der Waals surface area contributed by atoms with Crippen molar-refractivity contribution in [2.75, 3.05) is 44.6 Å². The molecule has 2 saturated heterocycles. The quantitative estimate of drug-likeness (QED) is 0.652. The number of amides is 3. The number of likely N-dealkylation sites (tertiary alicyclic amines) is 1. The molecule has 2 aliphatic heterocycles. The fourth-order valence-electron chi connectivity index (χ4n) is 5.23. The average molecular weight is 494 g/mol. The molecular weight excluding hydrogens is 458 g/mol. The molecule has 10 nitrogen and oxygen atoms in total. The van der Waals surface area contributed by atoms with Crippen LogP contribution in [0.1, 0.15) is 32.3 Å². The number of aromatic nitrogens is 2. The lowest BCUT2D eigenvalue weighted by Gasteiger charge is -2.28. The number of hydrogen-bond donors (Lipinski definition) is 2. The van der Waals surface area contributed by atoms with Gasteiger partial charge in [-0.3, -0.25) is 19.6 Å². The molecule has 2 atom stereocenters. The van der Waals surface area contributed by atoms with Gasteiger partial charge in [0.2, 0.25) is 5.91 Å². The molecule has 1 saturated carbocycles. The highest BCUT2D eigenvalue weighted by Crippen LogP contribution is 2.45. The van der Waals surface area contributed by atoms with Gasteiger partial charge in [-0.2, -0.15) is 4.98 Å². The lowest BCUT2D eigenvalue weighted by Crippen LogP contribution is -2.52. The van der Waals surface area contributed by atoms with Crippen molar-refractivity contribution in [3.63, 3.8) is 0 Å². The Morgan fingerprint density at radius 1 is 1.03 bits per heavy atom. The Balaban J connectivity index is 1.17. The maximum Gasteiger partial charge on any atom is 0.354 e. The first kappa shape index (κ1) is 24.5. The van der Waals surface area contributed by atoms with Crippen LogP contribution in [0.15, 0.2) is 41.3 Å². The molecule has 3 amide bonds. The molecule has 3 aliphatic rings. The zero-order valence-electron chi connectivity index (χ0n) is 21.0. The summed E-state index contributed by atoms with van der Waals surface area (Å²) in [4.78, 5) is 47.8. The topological polar surface area (TPSA) is 117 Å². The van der Waals surface area contributed by atoms with E-state index in [1.54, 1.807) is 35.9 Å². The van der Waals surface area contributed by atoms with E-state index in [-0.39, 0.29) is 17.8 Å². The number of piperidine rings is 1. The molecule has 5 rings (SSSR count). The molecule has 10 heteroatoms. The van der Waals surface area contributed by atoms with E-state index in [1.807, 2.05) is 12.1 Å². The molecule has 0 radical (unpaired) electrons. The van der Waals surface area contributed by atoms with Crippen molar-refractivity contribution in [2.24, 2.45) is 17.6 Å². The van der Waals surface area contributed by atoms with Crippen LogP contribution in [-0.2, 0) is 11.3 Å². The molecular formula is C26H35N7O3. The Labute approximate surface area is 211 Å². The van der Waals surface area contributed by atoms with Crippen molar-refractivity contribution in [1.82, 2.24) is 24.3 Å². The number of carbonyl (C=O) groups is 2. The first-order chi connectivity index (χ1) is 17.2. The van der Waals surface area contributed by atoms with E-state index >= 15 is 0 Å². The Kier molecular flexibility index (Phi) is 6.57. The Bertz CT molecular complexity index is 1180. The normalized spacial score (nSPS) is 22.2. The van der Waals surface area contributed by atoms with Gasteiger partial charge in [0, 0.05) is 52.0 Å². The standard InChI is InChI=1S/C26H35N7O3/c1-26(2,27)23(34)31-9-3-10-32(13-12-31)24(35)28-22-8-11-33(25(36)29-22)21-6-4-18(5-7-21)15-30-16-19-14-20(19)17-30/h4-8,11,19-20H,3,9-10,12-17,27H2,1-2H3,(H,28,29,35,36). The second-order valence-electron chi connectivity index (χ2n) is 10.9. The maximum absolute atomic E-state index is 12.8. The molecule has 0 bridgehead atoms. The zero-order chi connectivity index (χ0) is 25.4. The van der Waals surface area contributed by atoms with E-state index in [9.17, 15) is 14.4 Å². The number of urea groups is 1. The Morgan fingerprint density at radius 3 is 2.36 bits per heavy atom. The smallest absolute Gasteiger partial charge is 0.339 e. The van der Waals surface area contributed by atoms with Crippen LogP contribution in [0.5, 0.6) is 0 Å². The first-order valence-electron chi connectivity index (χ1n) is 12.7. The summed E-state index contributed by atoms with van der Waals surface area (Å²) in [7, 11) is 0. The van der Waals surface area contributed by atoms with Gasteiger partial charge in [0.15, 0.2) is 0 Å². The number of nitrogens with two attached hydrogens (primary N) is 1. The molecule has 3 N–H and O–H groups in total. The van der Waals surface area contributed by atoms with Gasteiger partial charge >= 0.3 is 11.7 Å². The lowest BCUT2D eigenvalue weighted by molar-refractivity contribution is -0.135. The largest absolute Gasteiger partial charge is 0.354 e. The number of carbonyl (C=O) groups excluding carboxylic acids is 2. The minimum Gasteiger partial charge on any atom is -0.339 e. The van der Waals surface area contributed by atoms with E-state index in [1.165, 1.54) is 29.6 Å². The number of hydrogen-bond acceptors (Lipinski definition) is 6. The lowest BCUT2D eigenvalue weighted by atomic mass is 10.1. The molecule has 1 aromatic heterocycles. The average Bonchev–Trinajstić information content (AvgIpc) is 3.52. The second kappa shape index (κ2) is 9.67. The molecule has 0 spiro atoms. The van der Waals surface area contributed by atoms with E-state index in [2.05, 4.69) is 27.3 Å². The third kappa shape index (κ3) is 5.44.